The summed E-state index contributed by atoms with van der Waals surface area (Å²) in [7, 11) is 1.62. The van der Waals surface area contributed by atoms with E-state index >= 15 is 0 Å². The maximum atomic E-state index is 11.8. The Bertz CT molecular complexity index is 336. The molecule has 0 bridgehead atoms. The summed E-state index contributed by atoms with van der Waals surface area (Å²) in [5.41, 5.74) is 1.42. The first-order chi connectivity index (χ1) is 7.20. The van der Waals surface area contributed by atoms with Crippen molar-refractivity contribution in [2.75, 3.05) is 7.11 Å². The fourth-order valence-corrected chi connectivity index (χ4v) is 1.45. The van der Waals surface area contributed by atoms with E-state index in [9.17, 15) is 4.79 Å². The van der Waals surface area contributed by atoms with Crippen molar-refractivity contribution in [3.63, 3.8) is 0 Å². The molecule has 82 valence electrons. The summed E-state index contributed by atoms with van der Waals surface area (Å²) in [6, 6.07) is 3.60. The summed E-state index contributed by atoms with van der Waals surface area (Å²) in [4.78, 5) is 16.0. The van der Waals surface area contributed by atoms with Gasteiger partial charge >= 0.3 is 0 Å². The van der Waals surface area contributed by atoms with Gasteiger partial charge in [0, 0.05) is 25.3 Å². The zero-order valence-electron chi connectivity index (χ0n) is 9.49. The SMILES string of the molecule is CCCC(=O)c1cccnc1C(C)OC. The van der Waals surface area contributed by atoms with Gasteiger partial charge in [-0.1, -0.05) is 6.92 Å². The number of Topliss-reactive ketones (excluding diaryl/α,β-unsaturated/α-hetero) is 1. The van der Waals surface area contributed by atoms with Gasteiger partial charge in [-0.3, -0.25) is 9.78 Å². The molecule has 0 saturated heterocycles. The van der Waals surface area contributed by atoms with Crippen molar-refractivity contribution >= 4 is 5.78 Å². The number of hydrogen-bond donors (Lipinski definition) is 0. The Morgan fingerprint density at radius 3 is 2.93 bits per heavy atom. The minimum absolute atomic E-state index is 0.137. The molecular formula is C12H17NO2. The highest BCUT2D eigenvalue weighted by Gasteiger charge is 2.15. The lowest BCUT2D eigenvalue weighted by Crippen LogP contribution is -2.09. The van der Waals surface area contributed by atoms with Gasteiger partial charge in [-0.25, -0.2) is 0 Å². The molecule has 0 aliphatic heterocycles. The van der Waals surface area contributed by atoms with Gasteiger partial charge in [-0.05, 0) is 25.5 Å². The number of ether oxygens (including phenoxy) is 1. The first-order valence-electron chi connectivity index (χ1n) is 5.21. The summed E-state index contributed by atoms with van der Waals surface area (Å²) in [5, 5.41) is 0. The Labute approximate surface area is 90.5 Å². The van der Waals surface area contributed by atoms with Crippen molar-refractivity contribution in [2.45, 2.75) is 32.8 Å². The molecule has 0 aliphatic carbocycles. The average molecular weight is 207 g/mol. The van der Waals surface area contributed by atoms with Crippen molar-refractivity contribution in [3.8, 4) is 0 Å². The number of hydrogen-bond acceptors (Lipinski definition) is 3. The number of pyridine rings is 1. The van der Waals surface area contributed by atoms with Crippen molar-refractivity contribution < 1.29 is 9.53 Å². The largest absolute Gasteiger partial charge is 0.375 e. The first kappa shape index (κ1) is 11.9. The van der Waals surface area contributed by atoms with E-state index in [2.05, 4.69) is 4.98 Å². The zero-order valence-corrected chi connectivity index (χ0v) is 9.49. The van der Waals surface area contributed by atoms with Gasteiger partial charge in [-0.15, -0.1) is 0 Å². The van der Waals surface area contributed by atoms with E-state index in [1.807, 2.05) is 19.9 Å². The Balaban J connectivity index is 3.00. The topological polar surface area (TPSA) is 39.2 Å². The molecule has 15 heavy (non-hydrogen) atoms. The molecule has 1 unspecified atom stereocenters. The molecule has 0 saturated carbocycles. The lowest BCUT2D eigenvalue weighted by atomic mass is 10.0. The van der Waals surface area contributed by atoms with Crippen LogP contribution in [0.15, 0.2) is 18.3 Å². The predicted molar refractivity (Wildman–Crippen MR) is 58.9 cm³/mol. The third-order valence-corrected chi connectivity index (χ3v) is 2.35. The number of nitrogens with zero attached hydrogens (tertiary/aromatic N) is 1. The summed E-state index contributed by atoms with van der Waals surface area (Å²) in [5.74, 6) is 0.143. The highest BCUT2D eigenvalue weighted by molar-refractivity contribution is 5.97. The average Bonchev–Trinajstić information content (AvgIpc) is 2.28. The molecule has 1 rings (SSSR count). The van der Waals surface area contributed by atoms with Crippen molar-refractivity contribution in [1.82, 2.24) is 4.98 Å². The number of rotatable bonds is 5. The Hall–Kier alpha value is -1.22. The van der Waals surface area contributed by atoms with Crippen LogP contribution in [0.5, 0.6) is 0 Å². The van der Waals surface area contributed by atoms with Crippen LogP contribution in [0.3, 0.4) is 0 Å². The van der Waals surface area contributed by atoms with Crippen LogP contribution in [-0.2, 0) is 4.74 Å². The lowest BCUT2D eigenvalue weighted by Gasteiger charge is -2.12. The number of carbonyl (C=O) groups is 1. The van der Waals surface area contributed by atoms with Crippen molar-refractivity contribution in [2.24, 2.45) is 0 Å². The quantitative estimate of drug-likeness (QED) is 0.697. The number of methoxy groups -OCH3 is 1. The highest BCUT2D eigenvalue weighted by atomic mass is 16.5. The summed E-state index contributed by atoms with van der Waals surface area (Å²) < 4.78 is 5.19. The van der Waals surface area contributed by atoms with Gasteiger partial charge in [-0.2, -0.15) is 0 Å². The molecule has 1 atom stereocenters. The molecule has 0 radical (unpaired) electrons. The van der Waals surface area contributed by atoms with E-state index in [1.54, 1.807) is 19.4 Å². The molecule has 1 aromatic rings. The van der Waals surface area contributed by atoms with E-state index in [0.717, 1.165) is 12.1 Å². The third-order valence-electron chi connectivity index (χ3n) is 2.35. The molecule has 0 aliphatic rings. The number of carbonyl (C=O) groups excluding carboxylic acids is 1. The Morgan fingerprint density at radius 1 is 1.60 bits per heavy atom. The molecule has 0 aromatic carbocycles. The molecule has 3 nitrogen and oxygen atoms in total. The van der Waals surface area contributed by atoms with Gasteiger partial charge in [0.25, 0.3) is 0 Å². The summed E-state index contributed by atoms with van der Waals surface area (Å²) in [6.45, 7) is 3.89. The molecule has 1 heterocycles. The van der Waals surface area contributed by atoms with Crippen molar-refractivity contribution in [3.05, 3.63) is 29.6 Å². The van der Waals surface area contributed by atoms with Gasteiger partial charge < -0.3 is 4.74 Å². The fraction of sp³-hybridized carbons (Fsp3) is 0.500. The van der Waals surface area contributed by atoms with Crippen LogP contribution >= 0.6 is 0 Å². The molecule has 0 fully saturated rings. The van der Waals surface area contributed by atoms with Gasteiger partial charge in [0.1, 0.15) is 0 Å². The maximum absolute atomic E-state index is 11.8. The molecular weight excluding hydrogens is 190 g/mol. The standard InChI is InChI=1S/C12H17NO2/c1-4-6-11(14)10-7-5-8-13-12(10)9(2)15-3/h5,7-9H,4,6H2,1-3H3. The van der Waals surface area contributed by atoms with Gasteiger partial charge in [0.2, 0.25) is 0 Å². The van der Waals surface area contributed by atoms with E-state index in [0.29, 0.717) is 12.0 Å². The van der Waals surface area contributed by atoms with Crippen LogP contribution in [0.2, 0.25) is 0 Å². The molecule has 0 spiro atoms. The normalized spacial score (nSPS) is 12.5. The monoisotopic (exact) mass is 207 g/mol. The lowest BCUT2D eigenvalue weighted by molar-refractivity contribution is 0.0954. The van der Waals surface area contributed by atoms with Crippen LogP contribution in [0.4, 0.5) is 0 Å². The molecule has 0 amide bonds. The number of ketones is 1. The molecule has 0 N–H and O–H groups in total. The fourth-order valence-electron chi connectivity index (χ4n) is 1.45. The first-order valence-corrected chi connectivity index (χ1v) is 5.21. The second kappa shape index (κ2) is 5.61. The van der Waals surface area contributed by atoms with Gasteiger partial charge in [0.05, 0.1) is 11.8 Å². The van der Waals surface area contributed by atoms with Crippen LogP contribution in [-0.4, -0.2) is 17.9 Å². The van der Waals surface area contributed by atoms with E-state index < -0.39 is 0 Å². The van der Waals surface area contributed by atoms with E-state index in [4.69, 9.17) is 4.74 Å². The third kappa shape index (κ3) is 2.86. The zero-order chi connectivity index (χ0) is 11.3. The summed E-state index contributed by atoms with van der Waals surface area (Å²) in [6.07, 6.45) is 2.97. The molecule has 3 heteroatoms. The Kier molecular flexibility index (Phi) is 4.43. The summed E-state index contributed by atoms with van der Waals surface area (Å²) >= 11 is 0. The maximum Gasteiger partial charge on any atom is 0.164 e. The minimum atomic E-state index is -0.137. The van der Waals surface area contributed by atoms with Crippen molar-refractivity contribution in [1.29, 1.82) is 0 Å². The minimum Gasteiger partial charge on any atom is -0.375 e. The second-order valence-corrected chi connectivity index (χ2v) is 3.49. The number of aromatic nitrogens is 1. The van der Waals surface area contributed by atoms with E-state index in [-0.39, 0.29) is 11.9 Å². The van der Waals surface area contributed by atoms with Gasteiger partial charge in [0.15, 0.2) is 5.78 Å². The van der Waals surface area contributed by atoms with Crippen LogP contribution in [0.25, 0.3) is 0 Å². The van der Waals surface area contributed by atoms with Crippen LogP contribution in [0, 0.1) is 0 Å². The molecule has 1 aromatic heterocycles. The highest BCUT2D eigenvalue weighted by Crippen LogP contribution is 2.19. The Morgan fingerprint density at radius 2 is 2.33 bits per heavy atom. The predicted octanol–water partition coefficient (Wildman–Crippen LogP) is 2.77. The smallest absolute Gasteiger partial charge is 0.164 e. The second-order valence-electron chi connectivity index (χ2n) is 3.49. The van der Waals surface area contributed by atoms with Crippen LogP contribution in [0.1, 0.15) is 48.8 Å². The van der Waals surface area contributed by atoms with Crippen LogP contribution < -0.4 is 0 Å². The van der Waals surface area contributed by atoms with E-state index in [1.165, 1.54) is 0 Å².